The van der Waals surface area contributed by atoms with Crippen molar-refractivity contribution in [1.29, 1.82) is 0 Å². The Bertz CT molecular complexity index is 434. The van der Waals surface area contributed by atoms with E-state index in [1.165, 1.54) is 0 Å². The molecule has 0 fully saturated rings. The third-order valence-electron chi connectivity index (χ3n) is 3.23. The molecule has 0 N–H and O–H groups in total. The summed E-state index contributed by atoms with van der Waals surface area (Å²) < 4.78 is 5.58. The number of ether oxygens (including phenoxy) is 1. The van der Waals surface area contributed by atoms with Crippen molar-refractivity contribution in [2.75, 3.05) is 18.5 Å². The number of hydrogen-bond donors (Lipinski definition) is 0. The molecular weight excluding hydrogens is 294 g/mol. The maximum atomic E-state index is 12.6. The van der Waals surface area contributed by atoms with E-state index in [1.54, 1.807) is 0 Å². The Hall–Kier alpha value is -1.03. The predicted octanol–water partition coefficient (Wildman–Crippen LogP) is 2.79. The van der Waals surface area contributed by atoms with Gasteiger partial charge in [0, 0.05) is 23.5 Å². The highest BCUT2D eigenvalue weighted by atomic mass is 79.9. The van der Waals surface area contributed by atoms with Crippen molar-refractivity contribution < 1.29 is 9.53 Å². The fourth-order valence-corrected chi connectivity index (χ4v) is 2.66. The maximum absolute atomic E-state index is 12.6. The molecule has 0 bridgehead atoms. The normalized spacial score (nSPS) is 17.4. The van der Waals surface area contributed by atoms with Gasteiger partial charge in [-0.25, -0.2) is 0 Å². The maximum Gasteiger partial charge on any atom is 0.233 e. The molecule has 0 aliphatic carbocycles. The van der Waals surface area contributed by atoms with Gasteiger partial charge < -0.3 is 9.64 Å². The Morgan fingerprint density at radius 2 is 2.22 bits per heavy atom. The molecule has 2 rings (SSSR count). The summed E-state index contributed by atoms with van der Waals surface area (Å²) in [6, 6.07) is 8.01. The number of nitrogens with zero attached hydrogens (tertiary/aromatic N) is 1. The zero-order valence-electron chi connectivity index (χ0n) is 10.7. The lowest BCUT2D eigenvalue weighted by Gasteiger charge is -2.28. The van der Waals surface area contributed by atoms with Crippen LogP contribution in [0.2, 0.25) is 0 Å². The number of amides is 1. The van der Waals surface area contributed by atoms with Gasteiger partial charge in [-0.2, -0.15) is 0 Å². The van der Waals surface area contributed by atoms with Gasteiger partial charge in [0.2, 0.25) is 5.91 Å². The lowest BCUT2D eigenvalue weighted by Crippen LogP contribution is -2.41. The molecule has 18 heavy (non-hydrogen) atoms. The van der Waals surface area contributed by atoms with Crippen LogP contribution in [0.4, 0.5) is 0 Å². The van der Waals surface area contributed by atoms with Crippen molar-refractivity contribution in [1.82, 2.24) is 4.90 Å². The summed E-state index contributed by atoms with van der Waals surface area (Å²) in [6.45, 7) is 5.28. The molecule has 1 amide bonds. The van der Waals surface area contributed by atoms with Gasteiger partial charge in [0.15, 0.2) is 0 Å². The van der Waals surface area contributed by atoms with Crippen LogP contribution in [0.1, 0.15) is 25.3 Å². The third-order valence-corrected chi connectivity index (χ3v) is 3.58. The molecule has 1 atom stereocenters. The monoisotopic (exact) mass is 311 g/mol. The first-order chi connectivity index (χ1) is 8.65. The number of alkyl halides is 1. The Morgan fingerprint density at radius 1 is 1.50 bits per heavy atom. The van der Waals surface area contributed by atoms with E-state index in [4.69, 9.17) is 4.74 Å². The molecule has 1 aliphatic heterocycles. The summed E-state index contributed by atoms with van der Waals surface area (Å²) in [6.07, 6.45) is 0. The molecule has 0 radical (unpaired) electrons. The number of halogens is 1. The van der Waals surface area contributed by atoms with Gasteiger partial charge >= 0.3 is 0 Å². The van der Waals surface area contributed by atoms with Gasteiger partial charge in [-0.3, -0.25) is 4.79 Å². The first-order valence-corrected chi connectivity index (χ1v) is 7.35. The molecule has 4 heteroatoms. The third kappa shape index (κ3) is 2.53. The van der Waals surface area contributed by atoms with Crippen molar-refractivity contribution >= 4 is 21.8 Å². The van der Waals surface area contributed by atoms with Crippen molar-refractivity contribution in [3.8, 4) is 5.75 Å². The zero-order valence-corrected chi connectivity index (χ0v) is 12.3. The van der Waals surface area contributed by atoms with Crippen LogP contribution in [0.25, 0.3) is 0 Å². The number of para-hydroxylation sites is 1. The van der Waals surface area contributed by atoms with E-state index >= 15 is 0 Å². The standard InChI is InChI=1S/C14H18BrNO2/c1-10(2)16(8-7-15)14(17)12-9-18-13-6-4-3-5-11(12)13/h3-6,10,12H,7-9H2,1-2H3. The van der Waals surface area contributed by atoms with E-state index in [1.807, 2.05) is 43.0 Å². The predicted molar refractivity (Wildman–Crippen MR) is 75.3 cm³/mol. The van der Waals surface area contributed by atoms with Crippen molar-refractivity contribution in [3.63, 3.8) is 0 Å². The van der Waals surface area contributed by atoms with Gasteiger partial charge in [0.1, 0.15) is 18.3 Å². The molecule has 3 nitrogen and oxygen atoms in total. The molecule has 1 aromatic rings. The van der Waals surface area contributed by atoms with Crippen LogP contribution in [0.15, 0.2) is 24.3 Å². The molecule has 0 saturated carbocycles. The van der Waals surface area contributed by atoms with Crippen molar-refractivity contribution in [2.24, 2.45) is 0 Å². The van der Waals surface area contributed by atoms with Crippen LogP contribution in [0.5, 0.6) is 5.75 Å². The smallest absolute Gasteiger partial charge is 0.233 e. The highest BCUT2D eigenvalue weighted by molar-refractivity contribution is 9.09. The van der Waals surface area contributed by atoms with Gasteiger partial charge in [0.05, 0.1) is 0 Å². The summed E-state index contributed by atoms with van der Waals surface area (Å²) in [5.74, 6) is 0.857. The Kier molecular flexibility index (Phi) is 4.27. The summed E-state index contributed by atoms with van der Waals surface area (Å²) in [5, 5.41) is 0.798. The highest BCUT2D eigenvalue weighted by Gasteiger charge is 2.33. The van der Waals surface area contributed by atoms with E-state index in [0.717, 1.165) is 23.2 Å². The Morgan fingerprint density at radius 3 is 2.89 bits per heavy atom. The molecular formula is C14H18BrNO2. The average molecular weight is 312 g/mol. The van der Waals surface area contributed by atoms with Crippen LogP contribution in [0, 0.1) is 0 Å². The van der Waals surface area contributed by atoms with E-state index in [2.05, 4.69) is 15.9 Å². The molecule has 1 aliphatic rings. The molecule has 0 aromatic heterocycles. The number of hydrogen-bond acceptors (Lipinski definition) is 2. The fourth-order valence-electron chi connectivity index (χ4n) is 2.28. The van der Waals surface area contributed by atoms with Crippen LogP contribution < -0.4 is 4.74 Å². The number of carbonyl (C=O) groups is 1. The largest absolute Gasteiger partial charge is 0.492 e. The molecule has 98 valence electrons. The number of rotatable bonds is 4. The van der Waals surface area contributed by atoms with E-state index in [0.29, 0.717) is 6.61 Å². The van der Waals surface area contributed by atoms with Crippen LogP contribution >= 0.6 is 15.9 Å². The van der Waals surface area contributed by atoms with Crippen LogP contribution in [-0.4, -0.2) is 35.3 Å². The molecule has 0 spiro atoms. The molecule has 0 saturated heterocycles. The van der Waals surface area contributed by atoms with Crippen LogP contribution in [0.3, 0.4) is 0 Å². The van der Waals surface area contributed by atoms with E-state index in [9.17, 15) is 4.79 Å². The highest BCUT2D eigenvalue weighted by Crippen LogP contribution is 2.34. The second-order valence-electron chi connectivity index (χ2n) is 4.72. The minimum atomic E-state index is -0.150. The second kappa shape index (κ2) is 5.74. The van der Waals surface area contributed by atoms with Gasteiger partial charge in [-0.1, -0.05) is 34.1 Å². The topological polar surface area (TPSA) is 29.5 Å². The quantitative estimate of drug-likeness (QED) is 0.800. The SMILES string of the molecule is CC(C)N(CCBr)C(=O)C1COc2ccccc21. The van der Waals surface area contributed by atoms with Crippen molar-refractivity contribution in [2.45, 2.75) is 25.8 Å². The van der Waals surface area contributed by atoms with E-state index in [-0.39, 0.29) is 17.9 Å². The summed E-state index contributed by atoms with van der Waals surface area (Å²) >= 11 is 3.40. The molecule has 1 aromatic carbocycles. The number of benzene rings is 1. The second-order valence-corrected chi connectivity index (χ2v) is 5.51. The Labute approximate surface area is 116 Å². The first kappa shape index (κ1) is 13.4. The summed E-state index contributed by atoms with van der Waals surface area (Å²) in [7, 11) is 0. The molecule has 1 heterocycles. The zero-order chi connectivity index (χ0) is 13.1. The average Bonchev–Trinajstić information content (AvgIpc) is 2.78. The lowest BCUT2D eigenvalue weighted by molar-refractivity contribution is -0.134. The van der Waals surface area contributed by atoms with E-state index < -0.39 is 0 Å². The van der Waals surface area contributed by atoms with Gasteiger partial charge in [0.25, 0.3) is 0 Å². The summed E-state index contributed by atoms with van der Waals surface area (Å²) in [5.41, 5.74) is 1.02. The number of carbonyl (C=O) groups excluding carboxylic acids is 1. The fraction of sp³-hybridized carbons (Fsp3) is 0.500. The summed E-state index contributed by atoms with van der Waals surface area (Å²) in [4.78, 5) is 14.5. The minimum absolute atomic E-state index is 0.150. The minimum Gasteiger partial charge on any atom is -0.492 e. The van der Waals surface area contributed by atoms with Crippen molar-refractivity contribution in [3.05, 3.63) is 29.8 Å². The lowest BCUT2D eigenvalue weighted by atomic mass is 9.99. The molecule has 1 unspecified atom stereocenters. The van der Waals surface area contributed by atoms with Gasteiger partial charge in [-0.05, 0) is 19.9 Å². The van der Waals surface area contributed by atoms with Gasteiger partial charge in [-0.15, -0.1) is 0 Å². The number of fused-ring (bicyclic) bond motifs is 1. The first-order valence-electron chi connectivity index (χ1n) is 6.23. The Balaban J connectivity index is 2.20. The van der Waals surface area contributed by atoms with Crippen LogP contribution in [-0.2, 0) is 4.79 Å².